The first-order valence-electron chi connectivity index (χ1n) is 5.70. The highest BCUT2D eigenvalue weighted by molar-refractivity contribution is 5.57. The van der Waals surface area contributed by atoms with Crippen molar-refractivity contribution >= 4 is 0 Å². The van der Waals surface area contributed by atoms with Gasteiger partial charge in [0.15, 0.2) is 0 Å². The Kier molecular flexibility index (Phi) is 3.49. The molecule has 17 heavy (non-hydrogen) atoms. The van der Waals surface area contributed by atoms with Crippen molar-refractivity contribution < 1.29 is 4.52 Å². The largest absolute Gasteiger partial charge is 0.337 e. The molecular formula is C12H16N4O. The zero-order chi connectivity index (χ0) is 12.3. The van der Waals surface area contributed by atoms with Crippen LogP contribution in [0.25, 0.3) is 11.4 Å². The summed E-state index contributed by atoms with van der Waals surface area (Å²) in [4.78, 5) is 8.45. The molecular weight excluding hydrogens is 216 g/mol. The zero-order valence-electron chi connectivity index (χ0n) is 10.3. The summed E-state index contributed by atoms with van der Waals surface area (Å²) >= 11 is 0. The molecule has 0 aliphatic carbocycles. The van der Waals surface area contributed by atoms with Crippen molar-refractivity contribution in [1.82, 2.24) is 20.4 Å². The molecule has 0 spiro atoms. The second-order valence-corrected chi connectivity index (χ2v) is 3.93. The van der Waals surface area contributed by atoms with Crippen molar-refractivity contribution in [2.45, 2.75) is 26.8 Å². The Morgan fingerprint density at radius 2 is 2.29 bits per heavy atom. The standard InChI is InChI=1S/C12H16N4O/c1-4-14-9(3)12-15-11(16-17-12)10-7-13-6-5-8(10)2/h5-7,9,14H,4H2,1-3H3. The minimum atomic E-state index is 0.0678. The highest BCUT2D eigenvalue weighted by atomic mass is 16.5. The van der Waals surface area contributed by atoms with Crippen LogP contribution in [0.4, 0.5) is 0 Å². The maximum absolute atomic E-state index is 5.24. The van der Waals surface area contributed by atoms with E-state index in [4.69, 9.17) is 4.52 Å². The number of aryl methyl sites for hydroxylation is 1. The van der Waals surface area contributed by atoms with Gasteiger partial charge in [0.25, 0.3) is 0 Å². The first-order chi connectivity index (χ1) is 8.22. The van der Waals surface area contributed by atoms with Gasteiger partial charge in [0.2, 0.25) is 11.7 Å². The molecule has 1 atom stereocenters. The van der Waals surface area contributed by atoms with E-state index in [1.54, 1.807) is 12.4 Å². The molecule has 1 N–H and O–H groups in total. The van der Waals surface area contributed by atoms with Gasteiger partial charge in [-0.2, -0.15) is 4.98 Å². The molecule has 5 heteroatoms. The van der Waals surface area contributed by atoms with Gasteiger partial charge >= 0.3 is 0 Å². The van der Waals surface area contributed by atoms with E-state index in [9.17, 15) is 0 Å². The van der Waals surface area contributed by atoms with Crippen LogP contribution in [0.2, 0.25) is 0 Å². The summed E-state index contributed by atoms with van der Waals surface area (Å²) in [5.41, 5.74) is 2.00. The van der Waals surface area contributed by atoms with Crippen LogP contribution in [0.1, 0.15) is 31.3 Å². The van der Waals surface area contributed by atoms with Gasteiger partial charge in [-0.05, 0) is 32.0 Å². The molecule has 1 unspecified atom stereocenters. The minimum Gasteiger partial charge on any atom is -0.337 e. The SMILES string of the molecule is CCNC(C)c1nc(-c2cnccc2C)no1. The van der Waals surface area contributed by atoms with E-state index in [-0.39, 0.29) is 6.04 Å². The molecule has 2 aromatic rings. The third-order valence-corrected chi connectivity index (χ3v) is 2.60. The van der Waals surface area contributed by atoms with Crippen LogP contribution in [0.3, 0.4) is 0 Å². The molecule has 2 aromatic heterocycles. The van der Waals surface area contributed by atoms with Gasteiger partial charge in [0.05, 0.1) is 6.04 Å². The third kappa shape index (κ3) is 2.50. The fraction of sp³-hybridized carbons (Fsp3) is 0.417. The molecule has 0 aliphatic heterocycles. The fourth-order valence-corrected chi connectivity index (χ4v) is 1.61. The lowest BCUT2D eigenvalue weighted by atomic mass is 10.1. The monoisotopic (exact) mass is 232 g/mol. The van der Waals surface area contributed by atoms with Gasteiger partial charge in [-0.1, -0.05) is 12.1 Å². The molecule has 0 amide bonds. The third-order valence-electron chi connectivity index (χ3n) is 2.60. The van der Waals surface area contributed by atoms with Gasteiger partial charge in [-0.3, -0.25) is 4.98 Å². The number of rotatable bonds is 4. The van der Waals surface area contributed by atoms with E-state index < -0.39 is 0 Å². The predicted molar refractivity (Wildman–Crippen MR) is 64.4 cm³/mol. The lowest BCUT2D eigenvalue weighted by Gasteiger charge is -2.05. The molecule has 0 bridgehead atoms. The predicted octanol–water partition coefficient (Wildman–Crippen LogP) is 2.11. The average molecular weight is 232 g/mol. The van der Waals surface area contributed by atoms with Crippen LogP contribution >= 0.6 is 0 Å². The topological polar surface area (TPSA) is 63.8 Å². The summed E-state index contributed by atoms with van der Waals surface area (Å²) in [5, 5.41) is 7.21. The second kappa shape index (κ2) is 5.05. The number of hydrogen-bond donors (Lipinski definition) is 1. The highest BCUT2D eigenvalue weighted by Crippen LogP contribution is 2.20. The van der Waals surface area contributed by atoms with Crippen LogP contribution < -0.4 is 5.32 Å². The van der Waals surface area contributed by atoms with Crippen LogP contribution in [0, 0.1) is 6.92 Å². The smallest absolute Gasteiger partial charge is 0.243 e. The number of nitrogens with one attached hydrogen (secondary N) is 1. The summed E-state index contributed by atoms with van der Waals surface area (Å²) in [6.45, 7) is 6.90. The maximum atomic E-state index is 5.24. The Bertz CT molecular complexity index is 495. The molecule has 2 rings (SSSR count). The number of hydrogen-bond acceptors (Lipinski definition) is 5. The van der Waals surface area contributed by atoms with Crippen molar-refractivity contribution in [2.24, 2.45) is 0 Å². The van der Waals surface area contributed by atoms with Gasteiger partial charge in [-0.25, -0.2) is 0 Å². The van der Waals surface area contributed by atoms with Crippen molar-refractivity contribution in [3.8, 4) is 11.4 Å². The summed E-state index contributed by atoms with van der Waals surface area (Å²) in [6.07, 6.45) is 3.50. The Hall–Kier alpha value is -1.75. The van der Waals surface area contributed by atoms with Crippen molar-refractivity contribution in [3.05, 3.63) is 29.9 Å². The van der Waals surface area contributed by atoms with Gasteiger partial charge < -0.3 is 9.84 Å². The molecule has 0 radical (unpaired) electrons. The van der Waals surface area contributed by atoms with E-state index in [2.05, 4.69) is 20.4 Å². The molecule has 2 heterocycles. The fourth-order valence-electron chi connectivity index (χ4n) is 1.61. The van der Waals surface area contributed by atoms with E-state index in [0.717, 1.165) is 17.7 Å². The van der Waals surface area contributed by atoms with E-state index in [1.807, 2.05) is 26.8 Å². The van der Waals surface area contributed by atoms with Gasteiger partial charge in [0.1, 0.15) is 0 Å². The molecule has 5 nitrogen and oxygen atoms in total. The first kappa shape index (κ1) is 11.7. The number of aromatic nitrogens is 3. The molecule has 0 saturated heterocycles. The zero-order valence-corrected chi connectivity index (χ0v) is 10.3. The lowest BCUT2D eigenvalue weighted by Crippen LogP contribution is -2.17. The molecule has 0 saturated carbocycles. The van der Waals surface area contributed by atoms with Crippen LogP contribution in [-0.4, -0.2) is 21.7 Å². The van der Waals surface area contributed by atoms with Crippen molar-refractivity contribution in [3.63, 3.8) is 0 Å². The normalized spacial score (nSPS) is 12.6. The van der Waals surface area contributed by atoms with E-state index >= 15 is 0 Å². The number of nitrogens with zero attached hydrogens (tertiary/aromatic N) is 3. The van der Waals surface area contributed by atoms with E-state index in [1.165, 1.54) is 0 Å². The summed E-state index contributed by atoms with van der Waals surface area (Å²) in [6, 6.07) is 2.00. The van der Waals surface area contributed by atoms with Crippen molar-refractivity contribution in [1.29, 1.82) is 0 Å². The minimum absolute atomic E-state index is 0.0678. The summed E-state index contributed by atoms with van der Waals surface area (Å²) in [5.74, 6) is 1.19. The summed E-state index contributed by atoms with van der Waals surface area (Å²) in [7, 11) is 0. The molecule has 0 aliphatic rings. The van der Waals surface area contributed by atoms with Crippen LogP contribution in [0.15, 0.2) is 23.0 Å². The molecule has 0 fully saturated rings. The Morgan fingerprint density at radius 1 is 1.47 bits per heavy atom. The second-order valence-electron chi connectivity index (χ2n) is 3.93. The quantitative estimate of drug-likeness (QED) is 0.874. The lowest BCUT2D eigenvalue weighted by molar-refractivity contribution is 0.342. The molecule has 0 aromatic carbocycles. The summed E-state index contributed by atoms with van der Waals surface area (Å²) < 4.78 is 5.24. The average Bonchev–Trinajstić information content (AvgIpc) is 2.79. The van der Waals surface area contributed by atoms with Gasteiger partial charge in [-0.15, -0.1) is 0 Å². The Morgan fingerprint density at radius 3 is 3.00 bits per heavy atom. The van der Waals surface area contributed by atoms with Crippen molar-refractivity contribution in [2.75, 3.05) is 6.54 Å². The van der Waals surface area contributed by atoms with Crippen LogP contribution in [-0.2, 0) is 0 Å². The Balaban J connectivity index is 2.27. The van der Waals surface area contributed by atoms with Gasteiger partial charge in [0, 0.05) is 18.0 Å². The maximum Gasteiger partial charge on any atom is 0.243 e. The highest BCUT2D eigenvalue weighted by Gasteiger charge is 2.15. The first-order valence-corrected chi connectivity index (χ1v) is 5.70. The molecule has 90 valence electrons. The number of pyridine rings is 1. The van der Waals surface area contributed by atoms with Crippen LogP contribution in [0.5, 0.6) is 0 Å². The van der Waals surface area contributed by atoms with E-state index in [0.29, 0.717) is 11.7 Å². The Labute approximate surface area is 100 Å².